The number of hydrogen-bond donors (Lipinski definition) is 0. The van der Waals surface area contributed by atoms with E-state index < -0.39 is 0 Å². The van der Waals surface area contributed by atoms with Gasteiger partial charge in [0.05, 0.1) is 19.8 Å². The molecule has 1 aliphatic rings. The number of nitrogens with zero attached hydrogens (tertiary/aromatic N) is 1. The molecule has 0 amide bonds. The van der Waals surface area contributed by atoms with Crippen LogP contribution in [0.1, 0.15) is 136 Å². The second-order valence-corrected chi connectivity index (χ2v) is 10.1. The lowest BCUT2D eigenvalue weighted by Gasteiger charge is -2.17. The van der Waals surface area contributed by atoms with Crippen LogP contribution in [-0.4, -0.2) is 57.1 Å². The quantitative estimate of drug-likeness (QED) is 0.122. The van der Waals surface area contributed by atoms with Crippen LogP contribution in [0, 0.1) is 0 Å². The van der Waals surface area contributed by atoms with Gasteiger partial charge in [0.1, 0.15) is 6.04 Å². The zero-order valence-corrected chi connectivity index (χ0v) is 23.6. The van der Waals surface area contributed by atoms with Gasteiger partial charge in [-0.05, 0) is 40.3 Å². The molecule has 34 heavy (non-hydrogen) atoms. The van der Waals surface area contributed by atoms with Crippen molar-refractivity contribution in [3.05, 3.63) is 0 Å². The SMILES string of the molecule is CCCCCCCCCC1OCCO1.CCCCCCCCCCCCOC(=O)C(C)N(C)C. The molecule has 0 N–H and O–H groups in total. The highest BCUT2D eigenvalue weighted by atomic mass is 16.7. The number of likely N-dealkylation sites (N-methyl/N-ethyl adjacent to an activating group) is 1. The average Bonchev–Trinajstić information content (AvgIpc) is 3.35. The third-order valence-corrected chi connectivity index (χ3v) is 6.59. The summed E-state index contributed by atoms with van der Waals surface area (Å²) in [5, 5.41) is 0. The molecule has 5 nitrogen and oxygen atoms in total. The van der Waals surface area contributed by atoms with Gasteiger partial charge in [0, 0.05) is 0 Å². The maximum Gasteiger partial charge on any atom is 0.323 e. The number of esters is 1. The van der Waals surface area contributed by atoms with Crippen LogP contribution in [0.2, 0.25) is 0 Å². The lowest BCUT2D eigenvalue weighted by Crippen LogP contribution is -2.34. The standard InChI is InChI=1S/C17H35NO2.C12H24O2/c1-5-6-7-8-9-10-11-12-13-14-15-20-17(19)16(2)18(3)4;1-2-3-4-5-6-7-8-9-12-13-10-11-14-12/h16H,5-15H2,1-4H3;12H,2-11H2,1H3. The molecule has 0 saturated carbocycles. The first kappa shape index (κ1) is 33.4. The zero-order valence-electron chi connectivity index (χ0n) is 23.6. The number of carbonyl (C=O) groups is 1. The molecule has 1 saturated heterocycles. The van der Waals surface area contributed by atoms with Crippen LogP contribution in [0.5, 0.6) is 0 Å². The largest absolute Gasteiger partial charge is 0.465 e. The summed E-state index contributed by atoms with van der Waals surface area (Å²) in [6.45, 7) is 8.55. The Balaban J connectivity index is 0.000000679. The third-order valence-electron chi connectivity index (χ3n) is 6.59. The number of unbranched alkanes of at least 4 members (excludes halogenated alkanes) is 15. The Bertz CT molecular complexity index is 424. The Hall–Kier alpha value is -0.650. The molecular formula is C29H59NO4. The summed E-state index contributed by atoms with van der Waals surface area (Å²) in [6, 6.07) is -0.141. The molecule has 0 aromatic carbocycles. The van der Waals surface area contributed by atoms with E-state index in [1.54, 1.807) is 0 Å². The van der Waals surface area contributed by atoms with Gasteiger partial charge in [-0.1, -0.05) is 110 Å². The van der Waals surface area contributed by atoms with Crippen LogP contribution in [0.25, 0.3) is 0 Å². The van der Waals surface area contributed by atoms with Crippen LogP contribution in [0.15, 0.2) is 0 Å². The van der Waals surface area contributed by atoms with E-state index in [4.69, 9.17) is 14.2 Å². The fourth-order valence-electron chi connectivity index (χ4n) is 3.94. The van der Waals surface area contributed by atoms with Crippen molar-refractivity contribution >= 4 is 5.97 Å². The van der Waals surface area contributed by atoms with E-state index in [1.165, 1.54) is 103 Å². The molecule has 1 atom stereocenters. The Kier molecular flexibility index (Phi) is 25.0. The third kappa shape index (κ3) is 21.9. The fraction of sp³-hybridized carbons (Fsp3) is 0.966. The maximum absolute atomic E-state index is 11.6. The second-order valence-electron chi connectivity index (χ2n) is 10.1. The highest BCUT2D eigenvalue weighted by molar-refractivity contribution is 5.75. The topological polar surface area (TPSA) is 48.0 Å². The summed E-state index contributed by atoms with van der Waals surface area (Å²) >= 11 is 0. The molecule has 0 radical (unpaired) electrons. The second kappa shape index (κ2) is 25.4. The fourth-order valence-corrected chi connectivity index (χ4v) is 3.94. The van der Waals surface area contributed by atoms with Crippen LogP contribution in [-0.2, 0) is 19.0 Å². The van der Waals surface area contributed by atoms with E-state index >= 15 is 0 Å². The molecule has 1 fully saturated rings. The number of rotatable bonds is 21. The maximum atomic E-state index is 11.6. The van der Waals surface area contributed by atoms with Crippen molar-refractivity contribution in [2.24, 2.45) is 0 Å². The van der Waals surface area contributed by atoms with Gasteiger partial charge >= 0.3 is 5.97 Å². The number of ether oxygens (including phenoxy) is 3. The molecular weight excluding hydrogens is 426 g/mol. The van der Waals surface area contributed by atoms with E-state index in [0.29, 0.717) is 6.61 Å². The van der Waals surface area contributed by atoms with Crippen LogP contribution in [0.3, 0.4) is 0 Å². The highest BCUT2D eigenvalue weighted by Crippen LogP contribution is 2.14. The lowest BCUT2D eigenvalue weighted by atomic mass is 10.1. The summed E-state index contributed by atoms with van der Waals surface area (Å²) in [5.41, 5.74) is 0. The van der Waals surface area contributed by atoms with Gasteiger partial charge in [0.2, 0.25) is 0 Å². The molecule has 0 bridgehead atoms. The van der Waals surface area contributed by atoms with Gasteiger partial charge in [0.15, 0.2) is 6.29 Å². The Morgan fingerprint density at radius 2 is 1.15 bits per heavy atom. The predicted octanol–water partition coefficient (Wildman–Crippen LogP) is 7.90. The molecule has 1 unspecified atom stereocenters. The van der Waals surface area contributed by atoms with E-state index in [2.05, 4.69) is 13.8 Å². The van der Waals surface area contributed by atoms with Crippen molar-refractivity contribution in [3.63, 3.8) is 0 Å². The van der Waals surface area contributed by atoms with Gasteiger partial charge in [-0.2, -0.15) is 0 Å². The molecule has 5 heteroatoms. The number of carbonyl (C=O) groups excluding carboxylic acids is 1. The molecule has 0 aliphatic carbocycles. The van der Waals surface area contributed by atoms with Gasteiger partial charge in [-0.15, -0.1) is 0 Å². The smallest absolute Gasteiger partial charge is 0.323 e. The summed E-state index contributed by atoms with van der Waals surface area (Å²) in [6.07, 6.45) is 23.8. The molecule has 1 rings (SSSR count). The summed E-state index contributed by atoms with van der Waals surface area (Å²) in [7, 11) is 3.79. The minimum absolute atomic E-state index is 0.106. The van der Waals surface area contributed by atoms with Crippen LogP contribution >= 0.6 is 0 Å². The summed E-state index contributed by atoms with van der Waals surface area (Å²) in [4.78, 5) is 13.5. The van der Waals surface area contributed by atoms with Crippen molar-refractivity contribution in [2.45, 2.75) is 149 Å². The zero-order chi connectivity index (χ0) is 25.3. The normalized spacial score (nSPS) is 14.8. The molecule has 0 spiro atoms. The van der Waals surface area contributed by atoms with Crippen molar-refractivity contribution in [1.82, 2.24) is 4.90 Å². The monoisotopic (exact) mass is 485 g/mol. The van der Waals surface area contributed by atoms with E-state index in [-0.39, 0.29) is 18.3 Å². The first-order valence-corrected chi connectivity index (χ1v) is 14.6. The average molecular weight is 486 g/mol. The van der Waals surface area contributed by atoms with E-state index in [0.717, 1.165) is 26.1 Å². The minimum atomic E-state index is -0.141. The molecule has 1 aliphatic heterocycles. The highest BCUT2D eigenvalue weighted by Gasteiger charge is 2.16. The van der Waals surface area contributed by atoms with E-state index in [9.17, 15) is 4.79 Å². The Morgan fingerprint density at radius 3 is 1.59 bits per heavy atom. The summed E-state index contributed by atoms with van der Waals surface area (Å²) in [5.74, 6) is -0.106. The van der Waals surface area contributed by atoms with Gasteiger partial charge in [-0.25, -0.2) is 0 Å². The minimum Gasteiger partial charge on any atom is -0.465 e. The molecule has 0 aromatic heterocycles. The molecule has 1 heterocycles. The van der Waals surface area contributed by atoms with Crippen LogP contribution in [0.4, 0.5) is 0 Å². The van der Waals surface area contributed by atoms with Gasteiger partial charge in [0.25, 0.3) is 0 Å². The Morgan fingerprint density at radius 1 is 0.735 bits per heavy atom. The van der Waals surface area contributed by atoms with Crippen molar-refractivity contribution in [3.8, 4) is 0 Å². The van der Waals surface area contributed by atoms with Crippen molar-refractivity contribution < 1.29 is 19.0 Å². The number of hydrogen-bond acceptors (Lipinski definition) is 5. The molecule has 0 aromatic rings. The van der Waals surface area contributed by atoms with Gasteiger partial charge in [-0.3, -0.25) is 9.69 Å². The lowest BCUT2D eigenvalue weighted by molar-refractivity contribution is -0.148. The molecule has 204 valence electrons. The van der Waals surface area contributed by atoms with Crippen molar-refractivity contribution in [2.75, 3.05) is 33.9 Å². The van der Waals surface area contributed by atoms with Crippen molar-refractivity contribution in [1.29, 1.82) is 0 Å². The Labute approximate surface area is 212 Å². The summed E-state index contributed by atoms with van der Waals surface area (Å²) < 4.78 is 16.0. The predicted molar refractivity (Wildman–Crippen MR) is 144 cm³/mol. The van der Waals surface area contributed by atoms with E-state index in [1.807, 2.05) is 25.9 Å². The van der Waals surface area contributed by atoms with Gasteiger partial charge < -0.3 is 14.2 Å². The first-order valence-electron chi connectivity index (χ1n) is 14.6. The van der Waals surface area contributed by atoms with Crippen LogP contribution < -0.4 is 0 Å². The first-order chi connectivity index (χ1) is 16.5.